The van der Waals surface area contributed by atoms with Gasteiger partial charge in [0.15, 0.2) is 0 Å². The first-order valence-corrected chi connectivity index (χ1v) is 9.27. The van der Waals surface area contributed by atoms with Gasteiger partial charge < -0.3 is 10.4 Å². The van der Waals surface area contributed by atoms with Crippen molar-refractivity contribution in [3.63, 3.8) is 0 Å². The minimum Gasteiger partial charge on any atom is -0.395 e. The van der Waals surface area contributed by atoms with Gasteiger partial charge in [0.1, 0.15) is 0 Å². The van der Waals surface area contributed by atoms with Crippen molar-refractivity contribution in [1.29, 1.82) is 0 Å². The Morgan fingerprint density at radius 3 is 2.62 bits per heavy atom. The van der Waals surface area contributed by atoms with E-state index in [-0.39, 0.29) is 12.5 Å². The third-order valence-electron chi connectivity index (χ3n) is 5.02. The van der Waals surface area contributed by atoms with Crippen LogP contribution in [-0.2, 0) is 4.79 Å². The van der Waals surface area contributed by atoms with Crippen LogP contribution < -0.4 is 5.32 Å². The van der Waals surface area contributed by atoms with Gasteiger partial charge in [-0.3, -0.25) is 9.69 Å². The van der Waals surface area contributed by atoms with Gasteiger partial charge >= 0.3 is 0 Å². The lowest BCUT2D eigenvalue weighted by Gasteiger charge is -2.33. The van der Waals surface area contributed by atoms with Crippen LogP contribution in [0.15, 0.2) is 18.2 Å². The molecule has 1 aliphatic carbocycles. The fourth-order valence-electron chi connectivity index (χ4n) is 3.67. The summed E-state index contributed by atoms with van der Waals surface area (Å²) in [7, 11) is 0. The Hall–Kier alpha value is -1.39. The number of carbonyl (C=O) groups excluding carboxylic acids is 1. The van der Waals surface area contributed by atoms with Gasteiger partial charge in [0.05, 0.1) is 13.2 Å². The molecule has 24 heavy (non-hydrogen) atoms. The third kappa shape index (κ3) is 5.05. The molecule has 0 radical (unpaired) electrons. The third-order valence-corrected chi connectivity index (χ3v) is 5.02. The van der Waals surface area contributed by atoms with Crippen LogP contribution >= 0.6 is 0 Å². The topological polar surface area (TPSA) is 52.6 Å². The summed E-state index contributed by atoms with van der Waals surface area (Å²) >= 11 is 0. The van der Waals surface area contributed by atoms with Crippen molar-refractivity contribution in [3.8, 4) is 0 Å². The Bertz CT molecular complexity index is 536. The molecule has 0 heterocycles. The van der Waals surface area contributed by atoms with Crippen molar-refractivity contribution >= 4 is 11.6 Å². The van der Waals surface area contributed by atoms with Crippen LogP contribution in [-0.4, -0.2) is 41.7 Å². The lowest BCUT2D eigenvalue weighted by Crippen LogP contribution is -2.43. The maximum Gasteiger partial charge on any atom is 0.238 e. The number of nitrogens with one attached hydrogen (secondary N) is 1. The van der Waals surface area contributed by atoms with Crippen molar-refractivity contribution in [3.05, 3.63) is 29.3 Å². The normalized spacial score (nSPS) is 15.9. The van der Waals surface area contributed by atoms with Gasteiger partial charge in [0, 0.05) is 18.3 Å². The molecular weight excluding hydrogens is 300 g/mol. The van der Waals surface area contributed by atoms with Gasteiger partial charge in [-0.15, -0.1) is 0 Å². The molecule has 1 aromatic carbocycles. The Labute approximate surface area is 146 Å². The first kappa shape index (κ1) is 18.9. The van der Waals surface area contributed by atoms with Crippen molar-refractivity contribution in [1.82, 2.24) is 4.90 Å². The minimum absolute atomic E-state index is 0.0187. The standard InChI is InChI=1S/C20H32N2O2/c1-15(2)18-11-7-8-16(3)20(18)21-19(24)14-22(12-13-23)17-9-5-4-6-10-17/h7-8,11,15,17,23H,4-6,9-10,12-14H2,1-3H3,(H,21,24). The number of aryl methyl sites for hydroxylation is 1. The van der Waals surface area contributed by atoms with Crippen molar-refractivity contribution in [2.75, 3.05) is 25.0 Å². The van der Waals surface area contributed by atoms with Crippen molar-refractivity contribution < 1.29 is 9.90 Å². The first-order valence-electron chi connectivity index (χ1n) is 9.27. The van der Waals surface area contributed by atoms with Gasteiger partial charge in [-0.1, -0.05) is 51.3 Å². The molecule has 2 N–H and O–H groups in total. The molecule has 0 unspecified atom stereocenters. The van der Waals surface area contributed by atoms with Crippen molar-refractivity contribution in [2.45, 2.75) is 64.8 Å². The highest BCUT2D eigenvalue weighted by Crippen LogP contribution is 2.28. The van der Waals surface area contributed by atoms with E-state index < -0.39 is 0 Å². The Balaban J connectivity index is 2.05. The predicted molar refractivity (Wildman–Crippen MR) is 99.4 cm³/mol. The summed E-state index contributed by atoms with van der Waals surface area (Å²) in [4.78, 5) is 14.8. The maximum absolute atomic E-state index is 12.6. The molecule has 1 aromatic rings. The number of benzene rings is 1. The van der Waals surface area contributed by atoms with E-state index in [2.05, 4.69) is 30.1 Å². The average molecular weight is 332 g/mol. The van der Waals surface area contributed by atoms with Gasteiger partial charge in [0.25, 0.3) is 0 Å². The van der Waals surface area contributed by atoms with Crippen LogP contribution in [0.4, 0.5) is 5.69 Å². The van der Waals surface area contributed by atoms with E-state index in [0.717, 1.165) is 24.1 Å². The summed E-state index contributed by atoms with van der Waals surface area (Å²) < 4.78 is 0. The van der Waals surface area contributed by atoms with Gasteiger partial charge in [-0.2, -0.15) is 0 Å². The molecule has 134 valence electrons. The highest BCUT2D eigenvalue weighted by molar-refractivity contribution is 5.94. The number of nitrogens with zero attached hydrogens (tertiary/aromatic N) is 1. The van der Waals surface area contributed by atoms with E-state index in [1.165, 1.54) is 24.8 Å². The number of anilines is 1. The number of carbonyl (C=O) groups is 1. The summed E-state index contributed by atoms with van der Waals surface area (Å²) in [6.45, 7) is 7.36. The second-order valence-corrected chi connectivity index (χ2v) is 7.23. The van der Waals surface area contributed by atoms with Crippen LogP contribution in [0.25, 0.3) is 0 Å². The molecule has 2 rings (SSSR count). The van der Waals surface area contributed by atoms with Gasteiger partial charge in [-0.25, -0.2) is 0 Å². The smallest absolute Gasteiger partial charge is 0.238 e. The maximum atomic E-state index is 12.6. The fourth-order valence-corrected chi connectivity index (χ4v) is 3.67. The van der Waals surface area contributed by atoms with E-state index in [0.29, 0.717) is 25.0 Å². The molecule has 0 aromatic heterocycles. The summed E-state index contributed by atoms with van der Waals surface area (Å²) in [5.41, 5.74) is 3.22. The van der Waals surface area contributed by atoms with Crippen LogP contribution in [0.5, 0.6) is 0 Å². The van der Waals surface area contributed by atoms with Crippen molar-refractivity contribution in [2.24, 2.45) is 0 Å². The molecule has 1 amide bonds. The molecular formula is C20H32N2O2. The Morgan fingerprint density at radius 1 is 1.29 bits per heavy atom. The second-order valence-electron chi connectivity index (χ2n) is 7.23. The zero-order chi connectivity index (χ0) is 17.5. The molecule has 1 aliphatic rings. The molecule has 4 nitrogen and oxygen atoms in total. The Morgan fingerprint density at radius 2 is 2.00 bits per heavy atom. The van der Waals surface area contributed by atoms with Crippen LogP contribution in [0.2, 0.25) is 0 Å². The van der Waals surface area contributed by atoms with E-state index in [1.807, 2.05) is 19.1 Å². The average Bonchev–Trinajstić information content (AvgIpc) is 2.57. The summed E-state index contributed by atoms with van der Waals surface area (Å²) in [5.74, 6) is 0.386. The van der Waals surface area contributed by atoms with Gasteiger partial charge in [-0.05, 0) is 36.8 Å². The molecule has 0 atom stereocenters. The summed E-state index contributed by atoms with van der Waals surface area (Å²) in [6.07, 6.45) is 6.01. The lowest BCUT2D eigenvalue weighted by molar-refractivity contribution is -0.118. The van der Waals surface area contributed by atoms with Crippen LogP contribution in [0.1, 0.15) is 63.0 Å². The number of aliphatic hydroxyl groups is 1. The van der Waals surface area contributed by atoms with E-state index in [9.17, 15) is 9.90 Å². The molecule has 1 saturated carbocycles. The van der Waals surface area contributed by atoms with Crippen LogP contribution in [0, 0.1) is 6.92 Å². The van der Waals surface area contributed by atoms with E-state index >= 15 is 0 Å². The zero-order valence-electron chi connectivity index (χ0n) is 15.3. The number of para-hydroxylation sites is 1. The second kappa shape index (κ2) is 9.19. The highest BCUT2D eigenvalue weighted by Gasteiger charge is 2.23. The number of aliphatic hydroxyl groups excluding tert-OH is 1. The fraction of sp³-hybridized carbons (Fsp3) is 0.650. The molecule has 0 aliphatic heterocycles. The molecule has 0 saturated heterocycles. The number of rotatable bonds is 7. The van der Waals surface area contributed by atoms with Crippen LogP contribution in [0.3, 0.4) is 0 Å². The number of hydrogen-bond acceptors (Lipinski definition) is 3. The number of amides is 1. The lowest BCUT2D eigenvalue weighted by atomic mass is 9.94. The molecule has 0 bridgehead atoms. The highest BCUT2D eigenvalue weighted by atomic mass is 16.3. The Kier molecular flexibility index (Phi) is 7.25. The first-order chi connectivity index (χ1) is 11.5. The summed E-state index contributed by atoms with van der Waals surface area (Å²) in [6, 6.07) is 6.59. The number of hydrogen-bond donors (Lipinski definition) is 2. The zero-order valence-corrected chi connectivity index (χ0v) is 15.3. The van der Waals surface area contributed by atoms with Gasteiger partial charge in [0.2, 0.25) is 5.91 Å². The largest absolute Gasteiger partial charge is 0.395 e. The molecule has 0 spiro atoms. The SMILES string of the molecule is Cc1cccc(C(C)C)c1NC(=O)CN(CCO)C1CCCCC1. The minimum atomic E-state index is 0.0187. The van der Waals surface area contributed by atoms with E-state index in [4.69, 9.17) is 0 Å². The predicted octanol–water partition coefficient (Wildman–Crippen LogP) is 3.68. The molecule has 1 fully saturated rings. The monoisotopic (exact) mass is 332 g/mol. The summed E-state index contributed by atoms with van der Waals surface area (Å²) in [5, 5.41) is 12.5. The quantitative estimate of drug-likeness (QED) is 0.801. The molecule has 4 heteroatoms. The van der Waals surface area contributed by atoms with E-state index in [1.54, 1.807) is 0 Å².